The van der Waals surface area contributed by atoms with Crippen LogP contribution in [0, 0.1) is 19.8 Å². The second-order valence-corrected chi connectivity index (χ2v) is 8.41. The number of carbonyl (C=O) groups excluding carboxylic acids is 1. The van der Waals surface area contributed by atoms with Crippen LogP contribution in [0.25, 0.3) is 5.82 Å². The molecule has 1 unspecified atom stereocenters. The number of hydrogen-bond donors (Lipinski definition) is 1. The Morgan fingerprint density at radius 1 is 1.13 bits per heavy atom. The third-order valence-electron chi connectivity index (χ3n) is 5.34. The van der Waals surface area contributed by atoms with E-state index >= 15 is 0 Å². The van der Waals surface area contributed by atoms with Crippen molar-refractivity contribution in [1.29, 1.82) is 0 Å². The zero-order valence-electron chi connectivity index (χ0n) is 17.5. The number of nitrogens with zero attached hydrogens (tertiary/aromatic N) is 5. The highest BCUT2D eigenvalue weighted by Gasteiger charge is 2.27. The van der Waals surface area contributed by atoms with Gasteiger partial charge in [0.05, 0.1) is 17.3 Å². The molecule has 8 heteroatoms. The van der Waals surface area contributed by atoms with Crippen molar-refractivity contribution in [3.05, 3.63) is 53.9 Å². The minimum absolute atomic E-state index is 0.0634. The highest BCUT2D eigenvalue weighted by Crippen LogP contribution is 2.27. The summed E-state index contributed by atoms with van der Waals surface area (Å²) in [7, 11) is 0. The van der Waals surface area contributed by atoms with Crippen molar-refractivity contribution >= 4 is 29.2 Å². The van der Waals surface area contributed by atoms with Crippen molar-refractivity contribution in [2.75, 3.05) is 29.6 Å². The molecule has 1 saturated heterocycles. The first-order chi connectivity index (χ1) is 14.5. The summed E-state index contributed by atoms with van der Waals surface area (Å²) in [5, 5.41) is 16.3. The Hall–Kier alpha value is -2.87. The van der Waals surface area contributed by atoms with Gasteiger partial charge in [-0.25, -0.2) is 4.68 Å². The van der Waals surface area contributed by atoms with Gasteiger partial charge in [0.2, 0.25) is 5.91 Å². The topological polar surface area (TPSA) is 75.9 Å². The Morgan fingerprint density at radius 3 is 2.60 bits per heavy atom. The van der Waals surface area contributed by atoms with E-state index in [1.54, 1.807) is 16.4 Å². The molecule has 1 aliphatic heterocycles. The van der Waals surface area contributed by atoms with Gasteiger partial charge in [-0.05, 0) is 63.3 Å². The smallest absolute Gasteiger partial charge is 0.229 e. The molecule has 3 heterocycles. The van der Waals surface area contributed by atoms with Crippen molar-refractivity contribution in [2.24, 2.45) is 5.92 Å². The van der Waals surface area contributed by atoms with Crippen molar-refractivity contribution in [3.63, 3.8) is 0 Å². The number of hydrogen-bond acceptors (Lipinski definition) is 6. The molecule has 1 fully saturated rings. The molecule has 2 aromatic heterocycles. The Morgan fingerprint density at radius 2 is 1.90 bits per heavy atom. The molecule has 0 aliphatic carbocycles. The van der Waals surface area contributed by atoms with Crippen LogP contribution in [0.15, 0.2) is 47.4 Å². The molecule has 156 valence electrons. The highest BCUT2D eigenvalue weighted by atomic mass is 32.2. The van der Waals surface area contributed by atoms with Crippen LogP contribution in [-0.2, 0) is 4.79 Å². The Kier molecular flexibility index (Phi) is 6.03. The monoisotopic (exact) mass is 422 g/mol. The van der Waals surface area contributed by atoms with Gasteiger partial charge in [-0.1, -0.05) is 12.1 Å². The first kappa shape index (κ1) is 20.4. The van der Waals surface area contributed by atoms with E-state index < -0.39 is 0 Å². The number of para-hydroxylation sites is 1. The molecule has 1 aliphatic rings. The normalized spacial score (nSPS) is 16.5. The summed E-state index contributed by atoms with van der Waals surface area (Å²) in [6, 6.07) is 13.8. The second-order valence-electron chi connectivity index (χ2n) is 7.56. The summed E-state index contributed by atoms with van der Waals surface area (Å²) in [6.45, 7) is 5.47. The van der Waals surface area contributed by atoms with E-state index in [2.05, 4.69) is 25.5 Å². The molecular formula is C22H26N6OS. The van der Waals surface area contributed by atoms with E-state index in [1.807, 2.05) is 62.6 Å². The molecule has 4 rings (SSSR count). The summed E-state index contributed by atoms with van der Waals surface area (Å²) < 4.78 is 1.79. The first-order valence-electron chi connectivity index (χ1n) is 10.1. The number of piperidine rings is 1. The zero-order chi connectivity index (χ0) is 21.1. The van der Waals surface area contributed by atoms with E-state index in [-0.39, 0.29) is 11.8 Å². The van der Waals surface area contributed by atoms with Gasteiger partial charge in [0.15, 0.2) is 11.6 Å². The molecule has 1 amide bonds. The third kappa shape index (κ3) is 4.33. The van der Waals surface area contributed by atoms with Crippen LogP contribution < -0.4 is 10.2 Å². The van der Waals surface area contributed by atoms with Crippen LogP contribution in [0.4, 0.5) is 11.5 Å². The summed E-state index contributed by atoms with van der Waals surface area (Å²) in [6.07, 6.45) is 3.84. The summed E-state index contributed by atoms with van der Waals surface area (Å²) in [5.41, 5.74) is 2.85. The molecular weight excluding hydrogens is 396 g/mol. The van der Waals surface area contributed by atoms with Crippen molar-refractivity contribution in [3.8, 4) is 5.82 Å². The largest absolute Gasteiger partial charge is 0.354 e. The highest BCUT2D eigenvalue weighted by molar-refractivity contribution is 7.98. The third-order valence-corrected chi connectivity index (χ3v) is 6.14. The molecule has 0 spiro atoms. The predicted molar refractivity (Wildman–Crippen MR) is 120 cm³/mol. The van der Waals surface area contributed by atoms with Crippen LogP contribution in [0.5, 0.6) is 0 Å². The number of anilines is 2. The first-order valence-corrected chi connectivity index (χ1v) is 11.3. The molecule has 1 aromatic carbocycles. The maximum atomic E-state index is 12.9. The minimum Gasteiger partial charge on any atom is -0.354 e. The molecule has 0 radical (unpaired) electrons. The van der Waals surface area contributed by atoms with Crippen LogP contribution in [0.3, 0.4) is 0 Å². The quantitative estimate of drug-likeness (QED) is 0.630. The van der Waals surface area contributed by atoms with Gasteiger partial charge in [0.1, 0.15) is 0 Å². The van der Waals surface area contributed by atoms with E-state index in [9.17, 15) is 4.79 Å². The maximum absolute atomic E-state index is 12.9. The molecule has 0 saturated carbocycles. The molecule has 1 N–H and O–H groups in total. The fourth-order valence-corrected chi connectivity index (χ4v) is 4.40. The number of carbonyl (C=O) groups is 1. The average molecular weight is 423 g/mol. The fourth-order valence-electron chi connectivity index (χ4n) is 3.84. The molecule has 7 nitrogen and oxygen atoms in total. The lowest BCUT2D eigenvalue weighted by Crippen LogP contribution is -2.41. The van der Waals surface area contributed by atoms with Gasteiger partial charge in [-0.2, -0.15) is 5.10 Å². The van der Waals surface area contributed by atoms with E-state index in [0.717, 1.165) is 47.2 Å². The summed E-state index contributed by atoms with van der Waals surface area (Å²) in [5.74, 6) is 1.48. The van der Waals surface area contributed by atoms with Crippen LogP contribution in [0.1, 0.15) is 24.2 Å². The van der Waals surface area contributed by atoms with Gasteiger partial charge in [0, 0.05) is 23.7 Å². The standard InChI is InChI=1S/C22H26N6OS/c1-15-13-16(2)28(26-15)21-11-10-20(24-25-21)27-12-6-7-17(14-27)22(29)23-18-8-4-5-9-19(18)30-3/h4-5,8-11,13,17H,6-7,12,14H2,1-3H3,(H,23,29). The maximum Gasteiger partial charge on any atom is 0.229 e. The number of benzene rings is 1. The van der Waals surface area contributed by atoms with Crippen LogP contribution in [0.2, 0.25) is 0 Å². The van der Waals surface area contributed by atoms with E-state index in [4.69, 9.17) is 0 Å². The van der Waals surface area contributed by atoms with Gasteiger partial charge in [-0.15, -0.1) is 22.0 Å². The van der Waals surface area contributed by atoms with Gasteiger partial charge >= 0.3 is 0 Å². The zero-order valence-corrected chi connectivity index (χ0v) is 18.3. The summed E-state index contributed by atoms with van der Waals surface area (Å²) in [4.78, 5) is 16.1. The number of aryl methyl sites for hydroxylation is 2. The summed E-state index contributed by atoms with van der Waals surface area (Å²) >= 11 is 1.63. The molecule has 1 atom stereocenters. The Labute approximate surface area is 180 Å². The Bertz CT molecular complexity index is 1030. The number of amides is 1. The molecule has 30 heavy (non-hydrogen) atoms. The lowest BCUT2D eigenvalue weighted by atomic mass is 9.97. The lowest BCUT2D eigenvalue weighted by Gasteiger charge is -2.32. The van der Waals surface area contributed by atoms with Gasteiger partial charge in [0.25, 0.3) is 0 Å². The molecule has 3 aromatic rings. The number of aromatic nitrogens is 4. The van der Waals surface area contributed by atoms with Gasteiger partial charge in [-0.3, -0.25) is 4.79 Å². The number of nitrogens with one attached hydrogen (secondary N) is 1. The van der Waals surface area contributed by atoms with Crippen molar-refractivity contribution in [1.82, 2.24) is 20.0 Å². The van der Waals surface area contributed by atoms with Crippen LogP contribution >= 0.6 is 11.8 Å². The van der Waals surface area contributed by atoms with Crippen LogP contribution in [-0.4, -0.2) is 45.2 Å². The second kappa shape index (κ2) is 8.87. The van der Waals surface area contributed by atoms with Gasteiger partial charge < -0.3 is 10.2 Å². The predicted octanol–water partition coefficient (Wildman–Crippen LogP) is 3.86. The average Bonchev–Trinajstić information content (AvgIpc) is 3.12. The lowest BCUT2D eigenvalue weighted by molar-refractivity contribution is -0.120. The number of rotatable bonds is 5. The minimum atomic E-state index is -0.0776. The van der Waals surface area contributed by atoms with Crippen molar-refractivity contribution < 1.29 is 4.79 Å². The fraction of sp³-hybridized carbons (Fsp3) is 0.364. The van der Waals surface area contributed by atoms with E-state index in [1.165, 1.54) is 0 Å². The van der Waals surface area contributed by atoms with E-state index in [0.29, 0.717) is 12.4 Å². The van der Waals surface area contributed by atoms with Crippen molar-refractivity contribution in [2.45, 2.75) is 31.6 Å². The number of thioether (sulfide) groups is 1. The molecule has 0 bridgehead atoms. The Balaban J connectivity index is 1.44. The SMILES string of the molecule is CSc1ccccc1NC(=O)C1CCCN(c2ccc(-n3nc(C)cc3C)nn2)C1.